The Hall–Kier alpha value is -1.01. The fraction of sp³-hybridized carbons (Fsp3) is 0.538. The summed E-state index contributed by atoms with van der Waals surface area (Å²) in [6.07, 6.45) is -3.31. The lowest BCUT2D eigenvalue weighted by Gasteiger charge is -2.30. The summed E-state index contributed by atoms with van der Waals surface area (Å²) >= 11 is 11.5. The first-order valence-electron chi connectivity index (χ1n) is 6.47. The van der Waals surface area contributed by atoms with Crippen molar-refractivity contribution >= 4 is 29.1 Å². The lowest BCUT2D eigenvalue weighted by molar-refractivity contribution is -0.183. The average Bonchev–Trinajstić information content (AvgIpc) is 2.41. The molecule has 1 fully saturated rings. The Bertz CT molecular complexity index is 537. The van der Waals surface area contributed by atoms with Crippen LogP contribution in [-0.2, 0) is 0 Å². The average molecular weight is 341 g/mol. The third kappa shape index (κ3) is 4.23. The summed E-state index contributed by atoms with van der Waals surface area (Å²) in [5.41, 5.74) is -0.0710. The zero-order valence-corrected chi connectivity index (χ0v) is 12.4. The minimum atomic E-state index is -4.23. The van der Waals surface area contributed by atoms with Crippen molar-refractivity contribution in [2.24, 2.45) is 5.92 Å². The smallest absolute Gasteiger partial charge is 0.348 e. The van der Waals surface area contributed by atoms with Crippen molar-refractivity contribution in [3.05, 3.63) is 28.0 Å². The number of aromatic nitrogens is 1. The van der Waals surface area contributed by atoms with E-state index in [2.05, 4.69) is 10.3 Å². The molecule has 1 aromatic rings. The van der Waals surface area contributed by atoms with E-state index in [1.807, 2.05) is 0 Å². The van der Waals surface area contributed by atoms with Crippen molar-refractivity contribution in [1.82, 2.24) is 10.3 Å². The molecule has 1 heterocycles. The first kappa shape index (κ1) is 16.4. The Morgan fingerprint density at radius 1 is 1.29 bits per heavy atom. The van der Waals surface area contributed by atoms with Gasteiger partial charge in [0.2, 0.25) is 0 Å². The molecule has 0 saturated heterocycles. The summed E-state index contributed by atoms with van der Waals surface area (Å²) in [5.74, 6) is -1.98. The molecule has 1 amide bonds. The van der Waals surface area contributed by atoms with Crippen LogP contribution in [-0.4, -0.2) is 23.1 Å². The molecule has 1 saturated carbocycles. The highest BCUT2D eigenvalue weighted by atomic mass is 35.5. The molecular formula is C13H13Cl2F3N2O. The number of rotatable bonds is 2. The van der Waals surface area contributed by atoms with Gasteiger partial charge in [-0.1, -0.05) is 29.6 Å². The maximum atomic E-state index is 12.7. The number of nitrogens with zero attached hydrogens (tertiary/aromatic N) is 1. The molecule has 1 aromatic heterocycles. The van der Waals surface area contributed by atoms with Gasteiger partial charge in [0.25, 0.3) is 5.91 Å². The van der Waals surface area contributed by atoms with Crippen molar-refractivity contribution in [2.45, 2.75) is 37.9 Å². The van der Waals surface area contributed by atoms with Gasteiger partial charge >= 0.3 is 6.18 Å². The van der Waals surface area contributed by atoms with Crippen molar-refractivity contribution in [3.63, 3.8) is 0 Å². The number of amides is 1. The van der Waals surface area contributed by atoms with Crippen LogP contribution in [0.15, 0.2) is 12.1 Å². The van der Waals surface area contributed by atoms with Crippen LogP contribution in [0.1, 0.15) is 36.2 Å². The van der Waals surface area contributed by atoms with E-state index in [-0.39, 0.29) is 28.7 Å². The molecule has 2 atom stereocenters. The fourth-order valence-corrected chi connectivity index (χ4v) is 2.79. The summed E-state index contributed by atoms with van der Waals surface area (Å²) < 4.78 is 38.2. The molecule has 0 bridgehead atoms. The largest absolute Gasteiger partial charge is 0.391 e. The Kier molecular flexibility index (Phi) is 4.99. The summed E-state index contributed by atoms with van der Waals surface area (Å²) in [4.78, 5) is 15.8. The van der Waals surface area contributed by atoms with Gasteiger partial charge in [-0.15, -0.1) is 0 Å². The van der Waals surface area contributed by atoms with Crippen molar-refractivity contribution < 1.29 is 18.0 Å². The molecule has 0 aliphatic heterocycles. The molecule has 1 N–H and O–H groups in total. The number of carbonyl (C=O) groups excluding carboxylic acids is 1. The second-order valence-corrected chi connectivity index (χ2v) is 5.83. The summed E-state index contributed by atoms with van der Waals surface area (Å²) in [5, 5.41) is 2.77. The number of halogens is 5. The molecule has 2 rings (SSSR count). The van der Waals surface area contributed by atoms with E-state index < -0.39 is 24.0 Å². The predicted molar refractivity (Wildman–Crippen MR) is 73.5 cm³/mol. The number of nitrogens with one attached hydrogen (secondary N) is 1. The van der Waals surface area contributed by atoms with Crippen LogP contribution in [0, 0.1) is 5.92 Å². The zero-order chi connectivity index (χ0) is 15.6. The minimum absolute atomic E-state index is 0.0710. The number of carbonyl (C=O) groups is 1. The quantitative estimate of drug-likeness (QED) is 0.818. The van der Waals surface area contributed by atoms with E-state index in [9.17, 15) is 18.0 Å². The van der Waals surface area contributed by atoms with Gasteiger partial charge in [-0.3, -0.25) is 4.79 Å². The standard InChI is InChI=1S/C13H13Cl2F3N2O/c14-9-4-5-10(15)20-11(9)12(21)19-8-3-1-2-7(6-8)13(16,17)18/h4-5,7-8H,1-3,6H2,(H,19,21). The van der Waals surface area contributed by atoms with Gasteiger partial charge in [-0.05, 0) is 31.4 Å². The molecule has 1 aliphatic carbocycles. The topological polar surface area (TPSA) is 42.0 Å². The first-order valence-corrected chi connectivity index (χ1v) is 7.22. The Labute approximate surface area is 129 Å². The summed E-state index contributed by atoms with van der Waals surface area (Å²) in [6.45, 7) is 0. The molecule has 116 valence electrons. The SMILES string of the molecule is O=C(NC1CCCC(C(F)(F)F)C1)c1nc(Cl)ccc1Cl. The maximum Gasteiger partial charge on any atom is 0.391 e. The molecule has 2 unspecified atom stereocenters. The van der Waals surface area contributed by atoms with E-state index >= 15 is 0 Å². The zero-order valence-electron chi connectivity index (χ0n) is 10.9. The molecule has 8 heteroatoms. The lowest BCUT2D eigenvalue weighted by Crippen LogP contribution is -2.41. The van der Waals surface area contributed by atoms with E-state index in [0.717, 1.165) is 0 Å². The lowest BCUT2D eigenvalue weighted by atomic mass is 9.85. The van der Waals surface area contributed by atoms with Crippen LogP contribution in [0.3, 0.4) is 0 Å². The molecule has 1 aliphatic rings. The third-order valence-corrected chi connectivity index (χ3v) is 4.01. The van der Waals surface area contributed by atoms with Crippen molar-refractivity contribution in [3.8, 4) is 0 Å². The maximum absolute atomic E-state index is 12.7. The van der Waals surface area contributed by atoms with Gasteiger partial charge in [0.1, 0.15) is 10.8 Å². The highest BCUT2D eigenvalue weighted by molar-refractivity contribution is 6.34. The molecule has 0 aromatic carbocycles. The van der Waals surface area contributed by atoms with Crippen molar-refractivity contribution in [1.29, 1.82) is 0 Å². The fourth-order valence-electron chi connectivity index (χ4n) is 2.45. The van der Waals surface area contributed by atoms with Gasteiger partial charge in [0, 0.05) is 6.04 Å². The second-order valence-electron chi connectivity index (χ2n) is 5.04. The summed E-state index contributed by atoms with van der Waals surface area (Å²) in [6, 6.07) is 2.32. The van der Waals surface area contributed by atoms with Gasteiger partial charge in [0.05, 0.1) is 10.9 Å². The van der Waals surface area contributed by atoms with Crippen LogP contribution in [0.5, 0.6) is 0 Å². The van der Waals surface area contributed by atoms with Gasteiger partial charge in [0.15, 0.2) is 0 Å². The van der Waals surface area contributed by atoms with E-state index in [4.69, 9.17) is 23.2 Å². The molecule has 21 heavy (non-hydrogen) atoms. The van der Waals surface area contributed by atoms with E-state index in [0.29, 0.717) is 12.8 Å². The van der Waals surface area contributed by atoms with Crippen molar-refractivity contribution in [2.75, 3.05) is 0 Å². The number of hydrogen-bond acceptors (Lipinski definition) is 2. The molecular weight excluding hydrogens is 328 g/mol. The molecule has 3 nitrogen and oxygen atoms in total. The van der Waals surface area contributed by atoms with Crippen LogP contribution < -0.4 is 5.32 Å². The highest BCUT2D eigenvalue weighted by Gasteiger charge is 2.42. The Balaban J connectivity index is 2.04. The van der Waals surface area contributed by atoms with E-state index in [1.165, 1.54) is 12.1 Å². The second kappa shape index (κ2) is 6.40. The highest BCUT2D eigenvalue weighted by Crippen LogP contribution is 2.37. The predicted octanol–water partition coefficient (Wildman–Crippen LogP) is 4.24. The summed E-state index contributed by atoms with van der Waals surface area (Å²) in [7, 11) is 0. The number of pyridine rings is 1. The third-order valence-electron chi connectivity index (χ3n) is 3.50. The van der Waals surface area contributed by atoms with E-state index in [1.54, 1.807) is 0 Å². The minimum Gasteiger partial charge on any atom is -0.348 e. The Morgan fingerprint density at radius 2 is 2.00 bits per heavy atom. The van der Waals surface area contributed by atoms with Crippen LogP contribution >= 0.6 is 23.2 Å². The van der Waals surface area contributed by atoms with Gasteiger partial charge < -0.3 is 5.32 Å². The van der Waals surface area contributed by atoms with Gasteiger partial charge in [-0.2, -0.15) is 13.2 Å². The van der Waals surface area contributed by atoms with Gasteiger partial charge in [-0.25, -0.2) is 4.98 Å². The first-order chi connectivity index (χ1) is 9.77. The number of alkyl halides is 3. The normalized spacial score (nSPS) is 22.9. The molecule has 0 radical (unpaired) electrons. The van der Waals surface area contributed by atoms with Crippen LogP contribution in [0.4, 0.5) is 13.2 Å². The molecule has 0 spiro atoms. The van der Waals surface area contributed by atoms with Crippen LogP contribution in [0.2, 0.25) is 10.2 Å². The van der Waals surface area contributed by atoms with Crippen LogP contribution in [0.25, 0.3) is 0 Å². The monoisotopic (exact) mass is 340 g/mol. The Morgan fingerprint density at radius 3 is 2.67 bits per heavy atom. The number of hydrogen-bond donors (Lipinski definition) is 1.